The fourth-order valence-corrected chi connectivity index (χ4v) is 1.71. The molecule has 0 radical (unpaired) electrons. The number of rotatable bonds is 6. The molecule has 0 spiro atoms. The van der Waals surface area contributed by atoms with E-state index in [-0.39, 0.29) is 6.61 Å². The van der Waals surface area contributed by atoms with Crippen molar-refractivity contribution in [3.63, 3.8) is 0 Å². The van der Waals surface area contributed by atoms with Crippen LogP contribution in [0.15, 0.2) is 43.1 Å². The van der Waals surface area contributed by atoms with Crippen LogP contribution in [0.3, 0.4) is 0 Å². The van der Waals surface area contributed by atoms with Gasteiger partial charge in [0.1, 0.15) is 0 Å². The van der Waals surface area contributed by atoms with Crippen LogP contribution < -0.4 is 4.90 Å². The van der Waals surface area contributed by atoms with Crippen LogP contribution in [0.25, 0.3) is 0 Å². The van der Waals surface area contributed by atoms with Crippen molar-refractivity contribution >= 4 is 11.5 Å². The summed E-state index contributed by atoms with van der Waals surface area (Å²) in [5.74, 6) is 0.807. The number of hydrogen-bond donors (Lipinski definition) is 1. The van der Waals surface area contributed by atoms with Crippen molar-refractivity contribution in [1.29, 1.82) is 0 Å². The largest absolute Gasteiger partial charge is 0.396 e. The molecule has 2 heterocycles. The highest BCUT2D eigenvalue weighted by Crippen LogP contribution is 2.22. The van der Waals surface area contributed by atoms with E-state index in [0.717, 1.165) is 30.9 Å². The van der Waals surface area contributed by atoms with Crippen LogP contribution in [0.5, 0.6) is 0 Å². The second kappa shape index (κ2) is 6.66. The Bertz CT molecular complexity index is 410. The number of aliphatic hydroxyl groups is 1. The molecule has 1 N–H and O–H groups in total. The first-order chi connectivity index (χ1) is 8.92. The molecule has 5 nitrogen and oxygen atoms in total. The molecule has 0 saturated carbocycles. The van der Waals surface area contributed by atoms with Gasteiger partial charge < -0.3 is 10.0 Å². The van der Waals surface area contributed by atoms with Crippen LogP contribution in [0.4, 0.5) is 11.5 Å². The van der Waals surface area contributed by atoms with Gasteiger partial charge in [0, 0.05) is 43.6 Å². The molecule has 0 amide bonds. The zero-order chi connectivity index (χ0) is 12.6. The Morgan fingerprint density at radius 2 is 1.83 bits per heavy atom. The minimum absolute atomic E-state index is 0.213. The van der Waals surface area contributed by atoms with E-state index in [0.29, 0.717) is 0 Å². The van der Waals surface area contributed by atoms with E-state index in [1.165, 1.54) is 0 Å². The second-order valence-corrected chi connectivity index (χ2v) is 3.85. The van der Waals surface area contributed by atoms with E-state index < -0.39 is 0 Å². The van der Waals surface area contributed by atoms with Gasteiger partial charge in [-0.2, -0.15) is 0 Å². The lowest BCUT2D eigenvalue weighted by molar-refractivity contribution is 0.285. The molecule has 2 aromatic heterocycles. The Labute approximate surface area is 106 Å². The highest BCUT2D eigenvalue weighted by Gasteiger charge is 2.09. The van der Waals surface area contributed by atoms with Gasteiger partial charge in [-0.25, -0.2) is 4.98 Å². The SMILES string of the molecule is OCCCCN(c1ccncc1)c1cnccn1. The molecule has 2 rings (SSSR count). The molecule has 0 fully saturated rings. The van der Waals surface area contributed by atoms with Crippen LogP contribution in [0, 0.1) is 0 Å². The number of aliphatic hydroxyl groups excluding tert-OH is 1. The summed E-state index contributed by atoms with van der Waals surface area (Å²) in [6, 6.07) is 3.88. The van der Waals surface area contributed by atoms with Crippen molar-refractivity contribution in [2.75, 3.05) is 18.1 Å². The minimum atomic E-state index is 0.213. The summed E-state index contributed by atoms with van der Waals surface area (Å²) in [6.07, 6.45) is 10.3. The third-order valence-corrected chi connectivity index (χ3v) is 2.59. The first-order valence-corrected chi connectivity index (χ1v) is 5.96. The molecule has 0 aliphatic heterocycles. The van der Waals surface area contributed by atoms with E-state index in [1.807, 2.05) is 12.1 Å². The Morgan fingerprint density at radius 3 is 2.50 bits per heavy atom. The lowest BCUT2D eigenvalue weighted by Crippen LogP contribution is -2.20. The van der Waals surface area contributed by atoms with E-state index in [9.17, 15) is 0 Å². The summed E-state index contributed by atoms with van der Waals surface area (Å²) in [5.41, 5.74) is 1.03. The van der Waals surface area contributed by atoms with Gasteiger partial charge in [-0.1, -0.05) is 0 Å². The monoisotopic (exact) mass is 244 g/mol. The molecule has 0 aliphatic carbocycles. The van der Waals surface area contributed by atoms with E-state index >= 15 is 0 Å². The molecule has 0 atom stereocenters. The van der Waals surface area contributed by atoms with Crippen LogP contribution in [0.1, 0.15) is 12.8 Å². The predicted octanol–water partition coefficient (Wildman–Crippen LogP) is 1.78. The lowest BCUT2D eigenvalue weighted by Gasteiger charge is -2.23. The molecular weight excluding hydrogens is 228 g/mol. The van der Waals surface area contributed by atoms with Crippen molar-refractivity contribution in [3.05, 3.63) is 43.1 Å². The highest BCUT2D eigenvalue weighted by atomic mass is 16.2. The highest BCUT2D eigenvalue weighted by molar-refractivity contribution is 5.58. The zero-order valence-electron chi connectivity index (χ0n) is 10.1. The van der Waals surface area contributed by atoms with Gasteiger partial charge in [-0.15, -0.1) is 0 Å². The number of nitrogens with zero attached hydrogens (tertiary/aromatic N) is 4. The maximum Gasteiger partial charge on any atom is 0.151 e. The fraction of sp³-hybridized carbons (Fsp3) is 0.308. The molecule has 5 heteroatoms. The summed E-state index contributed by atoms with van der Waals surface area (Å²) in [7, 11) is 0. The summed E-state index contributed by atoms with van der Waals surface area (Å²) in [6.45, 7) is 1.01. The average Bonchev–Trinajstić information content (AvgIpc) is 2.46. The van der Waals surface area contributed by atoms with Gasteiger partial charge in [-0.05, 0) is 25.0 Å². The number of anilines is 2. The Balaban J connectivity index is 2.18. The predicted molar refractivity (Wildman–Crippen MR) is 69.6 cm³/mol. The van der Waals surface area contributed by atoms with Gasteiger partial charge >= 0.3 is 0 Å². The first-order valence-electron chi connectivity index (χ1n) is 5.96. The van der Waals surface area contributed by atoms with Crippen molar-refractivity contribution in [3.8, 4) is 0 Å². The van der Waals surface area contributed by atoms with Gasteiger partial charge in [0.2, 0.25) is 0 Å². The van der Waals surface area contributed by atoms with Crippen LogP contribution >= 0.6 is 0 Å². The smallest absolute Gasteiger partial charge is 0.151 e. The van der Waals surface area contributed by atoms with E-state index in [4.69, 9.17) is 5.11 Å². The maximum absolute atomic E-state index is 8.86. The first kappa shape index (κ1) is 12.4. The summed E-state index contributed by atoms with van der Waals surface area (Å²) >= 11 is 0. The maximum atomic E-state index is 8.86. The molecule has 18 heavy (non-hydrogen) atoms. The summed E-state index contributed by atoms with van der Waals surface area (Å²) in [5, 5.41) is 8.86. The molecule has 0 aromatic carbocycles. The summed E-state index contributed by atoms with van der Waals surface area (Å²) < 4.78 is 0. The minimum Gasteiger partial charge on any atom is -0.396 e. The molecular formula is C13H16N4O. The van der Waals surface area contributed by atoms with Gasteiger partial charge in [0.25, 0.3) is 0 Å². The Morgan fingerprint density at radius 1 is 1.00 bits per heavy atom. The topological polar surface area (TPSA) is 62.1 Å². The third-order valence-electron chi connectivity index (χ3n) is 2.59. The standard InChI is InChI=1S/C13H16N4O/c18-10-2-1-9-17(12-3-5-14-6-4-12)13-11-15-7-8-16-13/h3-8,11,18H,1-2,9-10H2. The third kappa shape index (κ3) is 3.24. The average molecular weight is 244 g/mol. The van der Waals surface area contributed by atoms with Gasteiger partial charge in [-0.3, -0.25) is 9.97 Å². The molecule has 2 aromatic rings. The van der Waals surface area contributed by atoms with Crippen molar-refractivity contribution in [1.82, 2.24) is 15.0 Å². The Hall–Kier alpha value is -2.01. The van der Waals surface area contributed by atoms with Crippen molar-refractivity contribution in [2.24, 2.45) is 0 Å². The van der Waals surface area contributed by atoms with Crippen molar-refractivity contribution < 1.29 is 5.11 Å². The quantitative estimate of drug-likeness (QED) is 0.785. The lowest BCUT2D eigenvalue weighted by atomic mass is 10.2. The number of pyridine rings is 1. The van der Waals surface area contributed by atoms with Crippen LogP contribution in [-0.2, 0) is 0 Å². The van der Waals surface area contributed by atoms with E-state index in [1.54, 1.807) is 31.0 Å². The molecule has 0 aliphatic rings. The second-order valence-electron chi connectivity index (χ2n) is 3.85. The molecule has 0 bridgehead atoms. The molecule has 0 saturated heterocycles. The van der Waals surface area contributed by atoms with Gasteiger partial charge in [0.15, 0.2) is 5.82 Å². The molecule has 94 valence electrons. The zero-order valence-corrected chi connectivity index (χ0v) is 10.1. The normalized spacial score (nSPS) is 10.3. The number of aromatic nitrogens is 3. The van der Waals surface area contributed by atoms with E-state index in [2.05, 4.69) is 19.9 Å². The number of hydrogen-bond acceptors (Lipinski definition) is 5. The van der Waals surface area contributed by atoms with Crippen molar-refractivity contribution in [2.45, 2.75) is 12.8 Å². The summed E-state index contributed by atoms with van der Waals surface area (Å²) in [4.78, 5) is 14.5. The van der Waals surface area contributed by atoms with Crippen LogP contribution in [0.2, 0.25) is 0 Å². The number of unbranched alkanes of at least 4 members (excludes halogenated alkanes) is 1. The molecule has 0 unspecified atom stereocenters. The van der Waals surface area contributed by atoms with Crippen LogP contribution in [-0.4, -0.2) is 33.2 Å². The fourth-order valence-electron chi connectivity index (χ4n) is 1.71. The Kier molecular flexibility index (Phi) is 4.60. The van der Waals surface area contributed by atoms with Gasteiger partial charge in [0.05, 0.1) is 6.20 Å².